The molecule has 0 atom stereocenters. The summed E-state index contributed by atoms with van der Waals surface area (Å²) in [5, 5.41) is 10.4. The predicted octanol–water partition coefficient (Wildman–Crippen LogP) is 4.20. The lowest BCUT2D eigenvalue weighted by atomic mass is 9.71. The van der Waals surface area contributed by atoms with Crippen molar-refractivity contribution in [2.45, 2.75) is 37.8 Å². The van der Waals surface area contributed by atoms with Crippen molar-refractivity contribution in [2.24, 2.45) is 0 Å². The van der Waals surface area contributed by atoms with Crippen LogP contribution in [0.5, 0.6) is 5.75 Å². The van der Waals surface area contributed by atoms with Gasteiger partial charge in [0.2, 0.25) is 5.91 Å². The third-order valence-corrected chi connectivity index (χ3v) is 5.89. The number of ether oxygens (including phenoxy) is 1. The van der Waals surface area contributed by atoms with Gasteiger partial charge in [-0.1, -0.05) is 30.3 Å². The molecule has 0 aliphatic heterocycles. The van der Waals surface area contributed by atoms with Crippen molar-refractivity contribution < 1.29 is 9.53 Å². The van der Waals surface area contributed by atoms with E-state index in [1.165, 1.54) is 5.56 Å². The Morgan fingerprint density at radius 2 is 1.93 bits per heavy atom. The van der Waals surface area contributed by atoms with Crippen LogP contribution in [0.2, 0.25) is 0 Å². The highest BCUT2D eigenvalue weighted by Crippen LogP contribution is 2.41. The first-order valence-electron chi connectivity index (χ1n) is 9.77. The Morgan fingerprint density at radius 3 is 2.55 bits per heavy atom. The minimum atomic E-state index is -0.227. The van der Waals surface area contributed by atoms with Gasteiger partial charge in [0.25, 0.3) is 0 Å². The zero-order valence-electron chi connectivity index (χ0n) is 16.4. The monoisotopic (exact) mass is 408 g/mol. The minimum Gasteiger partial charge on any atom is -0.497 e. The first-order chi connectivity index (χ1) is 14.1. The van der Waals surface area contributed by atoms with Crippen LogP contribution < -0.4 is 10.1 Å². The van der Waals surface area contributed by atoms with Gasteiger partial charge in [-0.15, -0.1) is 0 Å². The van der Waals surface area contributed by atoms with Gasteiger partial charge in [0, 0.05) is 18.5 Å². The Hall–Kier alpha value is -2.93. The number of aromatic nitrogens is 3. The van der Waals surface area contributed by atoms with Crippen molar-refractivity contribution >= 4 is 18.1 Å². The predicted molar refractivity (Wildman–Crippen MR) is 114 cm³/mol. The second kappa shape index (κ2) is 8.21. The Morgan fingerprint density at radius 1 is 1.21 bits per heavy atom. The number of nitrogens with zero attached hydrogens (tertiary/aromatic N) is 2. The van der Waals surface area contributed by atoms with Gasteiger partial charge in [-0.3, -0.25) is 14.5 Å². The molecule has 2 aromatic carbocycles. The molecular weight excluding hydrogens is 384 g/mol. The fraction of sp³-hybridized carbons (Fsp3) is 0.318. The molecular formula is C22H24N4O2S. The van der Waals surface area contributed by atoms with Crippen molar-refractivity contribution in [3.8, 4) is 17.1 Å². The number of hydrogen-bond donors (Lipinski definition) is 2. The summed E-state index contributed by atoms with van der Waals surface area (Å²) in [6, 6.07) is 17.8. The summed E-state index contributed by atoms with van der Waals surface area (Å²) < 4.78 is 7.58. The largest absolute Gasteiger partial charge is 0.497 e. The molecule has 4 rings (SSSR count). The van der Waals surface area contributed by atoms with E-state index in [1.807, 2.05) is 47.0 Å². The molecule has 1 aliphatic carbocycles. The number of hydrogen-bond acceptors (Lipinski definition) is 4. The van der Waals surface area contributed by atoms with Crippen LogP contribution in [0.25, 0.3) is 11.4 Å². The fourth-order valence-corrected chi connectivity index (χ4v) is 4.03. The summed E-state index contributed by atoms with van der Waals surface area (Å²) in [6.07, 6.45) is 3.42. The highest BCUT2D eigenvalue weighted by atomic mass is 32.1. The fourth-order valence-electron chi connectivity index (χ4n) is 3.80. The third kappa shape index (κ3) is 3.96. The average Bonchev–Trinajstić information content (AvgIpc) is 3.10. The molecule has 3 aromatic rings. The molecule has 150 valence electrons. The van der Waals surface area contributed by atoms with Gasteiger partial charge < -0.3 is 10.1 Å². The quantitative estimate of drug-likeness (QED) is 0.575. The summed E-state index contributed by atoms with van der Waals surface area (Å²) in [5.74, 6) is 1.52. The highest BCUT2D eigenvalue weighted by Gasteiger charge is 2.39. The molecule has 1 aliphatic rings. The number of carbonyl (C=O) groups is 1. The van der Waals surface area contributed by atoms with Gasteiger partial charge in [-0.2, -0.15) is 5.10 Å². The van der Waals surface area contributed by atoms with Crippen molar-refractivity contribution in [3.63, 3.8) is 0 Å². The first kappa shape index (κ1) is 19.4. The van der Waals surface area contributed by atoms with E-state index in [-0.39, 0.29) is 11.4 Å². The summed E-state index contributed by atoms with van der Waals surface area (Å²) in [7, 11) is 1.63. The van der Waals surface area contributed by atoms with Crippen LogP contribution in [0.4, 0.5) is 0 Å². The summed E-state index contributed by atoms with van der Waals surface area (Å²) in [4.78, 5) is 12.8. The number of amides is 1. The average molecular weight is 409 g/mol. The zero-order chi connectivity index (χ0) is 20.3. The van der Waals surface area contributed by atoms with E-state index in [2.05, 4.69) is 27.6 Å². The molecule has 0 saturated heterocycles. The highest BCUT2D eigenvalue weighted by molar-refractivity contribution is 7.71. The van der Waals surface area contributed by atoms with Crippen LogP contribution in [0.1, 0.15) is 31.2 Å². The van der Waals surface area contributed by atoms with Crippen molar-refractivity contribution in [2.75, 3.05) is 7.11 Å². The number of aromatic amines is 1. The van der Waals surface area contributed by atoms with Gasteiger partial charge in [0.1, 0.15) is 5.75 Å². The lowest BCUT2D eigenvalue weighted by Gasteiger charge is -2.43. The lowest BCUT2D eigenvalue weighted by molar-refractivity contribution is -0.124. The van der Waals surface area contributed by atoms with E-state index in [9.17, 15) is 4.79 Å². The molecule has 0 unspecified atom stereocenters. The molecule has 0 bridgehead atoms. The standard InChI is InChI=1S/C22H24N4O2S/c1-28-18-10-8-16(9-11-18)20-24-25-21(29)26(20)15-12-19(27)23-22(13-5-14-22)17-6-3-2-4-7-17/h2-4,6-11H,5,12-15H2,1H3,(H,23,27)(H,25,29). The minimum absolute atomic E-state index is 0.0253. The SMILES string of the molecule is COc1ccc(-c2n[nH]c(=S)n2CCC(=O)NC2(c3ccccc3)CCC2)cc1. The lowest BCUT2D eigenvalue weighted by Crippen LogP contribution is -2.50. The van der Waals surface area contributed by atoms with E-state index in [4.69, 9.17) is 17.0 Å². The van der Waals surface area contributed by atoms with Crippen LogP contribution in [-0.2, 0) is 16.9 Å². The Labute approximate surface area is 174 Å². The Bertz CT molecular complexity index is 1040. The van der Waals surface area contributed by atoms with Crippen LogP contribution in [0, 0.1) is 4.77 Å². The molecule has 1 aromatic heterocycles. The first-order valence-corrected chi connectivity index (χ1v) is 10.2. The number of nitrogens with one attached hydrogen (secondary N) is 2. The van der Waals surface area contributed by atoms with Crippen molar-refractivity contribution in [3.05, 3.63) is 64.9 Å². The number of carbonyl (C=O) groups excluding carboxylic acids is 1. The molecule has 6 nitrogen and oxygen atoms in total. The maximum absolute atomic E-state index is 12.8. The van der Waals surface area contributed by atoms with Crippen LogP contribution in [-0.4, -0.2) is 27.8 Å². The summed E-state index contributed by atoms with van der Waals surface area (Å²) in [5.41, 5.74) is 1.87. The Kier molecular flexibility index (Phi) is 5.49. The van der Waals surface area contributed by atoms with E-state index in [0.717, 1.165) is 30.6 Å². The number of methoxy groups -OCH3 is 1. The van der Waals surface area contributed by atoms with Crippen molar-refractivity contribution in [1.29, 1.82) is 0 Å². The normalized spacial score (nSPS) is 14.8. The molecule has 1 heterocycles. The molecule has 0 spiro atoms. The van der Waals surface area contributed by atoms with Crippen LogP contribution in [0.15, 0.2) is 54.6 Å². The van der Waals surface area contributed by atoms with Gasteiger partial charge in [-0.25, -0.2) is 0 Å². The molecule has 1 amide bonds. The Balaban J connectivity index is 1.46. The van der Waals surface area contributed by atoms with Crippen molar-refractivity contribution in [1.82, 2.24) is 20.1 Å². The zero-order valence-corrected chi connectivity index (χ0v) is 17.2. The van der Waals surface area contributed by atoms with Gasteiger partial charge in [0.05, 0.1) is 12.6 Å². The molecule has 29 heavy (non-hydrogen) atoms. The van der Waals surface area contributed by atoms with E-state index in [1.54, 1.807) is 7.11 Å². The molecule has 2 N–H and O–H groups in total. The second-order valence-corrected chi connectivity index (χ2v) is 7.72. The number of rotatable bonds is 7. The summed E-state index contributed by atoms with van der Waals surface area (Å²) >= 11 is 5.38. The number of H-pyrrole nitrogens is 1. The van der Waals surface area contributed by atoms with E-state index < -0.39 is 0 Å². The summed E-state index contributed by atoms with van der Waals surface area (Å²) in [6.45, 7) is 0.466. The van der Waals surface area contributed by atoms with Crippen LogP contribution >= 0.6 is 12.2 Å². The maximum Gasteiger partial charge on any atom is 0.222 e. The maximum atomic E-state index is 12.8. The molecule has 1 saturated carbocycles. The van der Waals surface area contributed by atoms with Gasteiger partial charge in [-0.05, 0) is 61.3 Å². The van der Waals surface area contributed by atoms with Crippen LogP contribution in [0.3, 0.4) is 0 Å². The van der Waals surface area contributed by atoms with E-state index >= 15 is 0 Å². The molecule has 0 radical (unpaired) electrons. The molecule has 7 heteroatoms. The second-order valence-electron chi connectivity index (χ2n) is 7.33. The smallest absolute Gasteiger partial charge is 0.222 e. The number of benzene rings is 2. The van der Waals surface area contributed by atoms with E-state index in [0.29, 0.717) is 23.6 Å². The third-order valence-electron chi connectivity index (χ3n) is 5.58. The topological polar surface area (TPSA) is 71.9 Å². The van der Waals surface area contributed by atoms with Gasteiger partial charge >= 0.3 is 0 Å². The molecule has 1 fully saturated rings. The van der Waals surface area contributed by atoms with Gasteiger partial charge in [0.15, 0.2) is 10.6 Å².